The van der Waals surface area contributed by atoms with Gasteiger partial charge in [-0.05, 0) is 49.7 Å². The quantitative estimate of drug-likeness (QED) is 0.495. The van der Waals surface area contributed by atoms with Crippen molar-refractivity contribution in [2.24, 2.45) is 5.92 Å². The topological polar surface area (TPSA) is 63.7 Å². The van der Waals surface area contributed by atoms with Gasteiger partial charge >= 0.3 is 11.9 Å². The molecule has 0 spiro atoms. The maximum Gasteiger partial charge on any atom is 0.396 e. The summed E-state index contributed by atoms with van der Waals surface area (Å²) in [5, 5.41) is 0. The van der Waals surface area contributed by atoms with Crippen molar-refractivity contribution in [1.82, 2.24) is 4.90 Å². The van der Waals surface area contributed by atoms with E-state index in [4.69, 9.17) is 0 Å². The molecule has 1 amide bonds. The molecule has 2 aromatic carbocycles. The molecular weight excluding hydrogens is 378 g/mol. The molecule has 1 aliphatic heterocycles. The number of esters is 1. The third-order valence-electron chi connectivity index (χ3n) is 5.85. The number of nitrogens with zero attached hydrogens (tertiary/aromatic N) is 1. The normalized spacial score (nSPS) is 15.9. The highest BCUT2D eigenvalue weighted by atomic mass is 16.5. The summed E-state index contributed by atoms with van der Waals surface area (Å²) in [7, 11) is 1.19. The number of amides is 1. The lowest BCUT2D eigenvalue weighted by Gasteiger charge is -2.26. The summed E-state index contributed by atoms with van der Waals surface area (Å²) >= 11 is 0. The minimum Gasteiger partial charge on any atom is -0.462 e. The monoisotopic (exact) mass is 407 g/mol. The molecule has 0 aliphatic carbocycles. The number of carbonyl (C=O) groups excluding carboxylic acids is 3. The summed E-state index contributed by atoms with van der Waals surface area (Å²) < 4.78 is 4.58. The van der Waals surface area contributed by atoms with Gasteiger partial charge < -0.3 is 9.64 Å². The van der Waals surface area contributed by atoms with Crippen LogP contribution in [0.2, 0.25) is 0 Å². The molecule has 1 aliphatic rings. The van der Waals surface area contributed by atoms with E-state index in [0.29, 0.717) is 13.0 Å². The summed E-state index contributed by atoms with van der Waals surface area (Å²) in [6.45, 7) is 0.425. The van der Waals surface area contributed by atoms with Crippen molar-refractivity contribution in [2.45, 2.75) is 44.6 Å². The Kier molecular flexibility index (Phi) is 7.77. The first-order chi connectivity index (χ1) is 14.6. The van der Waals surface area contributed by atoms with Crippen molar-refractivity contribution in [3.63, 3.8) is 0 Å². The second-order valence-electron chi connectivity index (χ2n) is 7.80. The van der Waals surface area contributed by atoms with Gasteiger partial charge in [-0.1, -0.05) is 60.7 Å². The van der Waals surface area contributed by atoms with E-state index in [9.17, 15) is 14.4 Å². The highest BCUT2D eigenvalue weighted by Crippen LogP contribution is 2.26. The van der Waals surface area contributed by atoms with Gasteiger partial charge in [0.2, 0.25) is 0 Å². The second kappa shape index (κ2) is 10.7. The maximum atomic E-state index is 13.5. The first-order valence-corrected chi connectivity index (χ1v) is 10.6. The number of ether oxygens (including phenoxy) is 1. The molecule has 5 nitrogen and oxygen atoms in total. The molecule has 1 heterocycles. The minimum atomic E-state index is -0.903. The van der Waals surface area contributed by atoms with Crippen LogP contribution in [0.3, 0.4) is 0 Å². The molecule has 0 aromatic heterocycles. The Balaban J connectivity index is 1.72. The van der Waals surface area contributed by atoms with Crippen LogP contribution in [0.25, 0.3) is 0 Å². The summed E-state index contributed by atoms with van der Waals surface area (Å²) in [6, 6.07) is 19.7. The molecule has 0 unspecified atom stereocenters. The Morgan fingerprint density at radius 2 is 1.47 bits per heavy atom. The molecule has 3 rings (SSSR count). The van der Waals surface area contributed by atoms with E-state index in [1.165, 1.54) is 23.1 Å². The standard InChI is InChI=1S/C25H29NO4/c1-30-25(29)24(28)26-18-8-13-22(26)23(27)21(16-14-19-9-4-2-5-10-19)17-15-20-11-6-3-7-12-20/h2-7,9-12,21-22H,8,13-18H2,1H3/t22-/m0/s1. The van der Waals surface area contributed by atoms with E-state index in [2.05, 4.69) is 29.0 Å². The summed E-state index contributed by atoms with van der Waals surface area (Å²) in [5.74, 6) is -1.71. The molecule has 0 saturated carbocycles. The molecule has 2 aromatic rings. The van der Waals surface area contributed by atoms with E-state index in [-0.39, 0.29) is 11.7 Å². The number of rotatable bonds is 8. The highest BCUT2D eigenvalue weighted by Gasteiger charge is 2.39. The number of hydrogen-bond acceptors (Lipinski definition) is 4. The fourth-order valence-corrected chi connectivity index (χ4v) is 4.18. The zero-order chi connectivity index (χ0) is 21.3. The summed E-state index contributed by atoms with van der Waals surface area (Å²) in [4.78, 5) is 39.0. The van der Waals surface area contributed by atoms with Crippen molar-refractivity contribution in [3.8, 4) is 0 Å². The van der Waals surface area contributed by atoms with Crippen LogP contribution in [0, 0.1) is 5.92 Å². The molecule has 1 fully saturated rings. The first kappa shape index (κ1) is 21.8. The predicted molar refractivity (Wildman–Crippen MR) is 115 cm³/mol. The number of carbonyl (C=O) groups is 3. The maximum absolute atomic E-state index is 13.5. The third-order valence-corrected chi connectivity index (χ3v) is 5.85. The van der Waals surface area contributed by atoms with Crippen molar-refractivity contribution in [2.75, 3.05) is 13.7 Å². The van der Waals surface area contributed by atoms with Gasteiger partial charge in [-0.15, -0.1) is 0 Å². The third kappa shape index (κ3) is 5.56. The van der Waals surface area contributed by atoms with E-state index in [1.807, 2.05) is 36.4 Å². The van der Waals surface area contributed by atoms with Crippen LogP contribution < -0.4 is 0 Å². The second-order valence-corrected chi connectivity index (χ2v) is 7.80. The lowest BCUT2D eigenvalue weighted by molar-refractivity contribution is -0.159. The van der Waals surface area contributed by atoms with Gasteiger partial charge in [0.25, 0.3) is 0 Å². The molecule has 5 heteroatoms. The number of methoxy groups -OCH3 is 1. The van der Waals surface area contributed by atoms with Gasteiger partial charge in [0.1, 0.15) is 0 Å². The largest absolute Gasteiger partial charge is 0.462 e. The van der Waals surface area contributed by atoms with Crippen LogP contribution in [-0.2, 0) is 32.0 Å². The van der Waals surface area contributed by atoms with E-state index in [0.717, 1.165) is 32.1 Å². The average Bonchev–Trinajstić information content (AvgIpc) is 3.29. The van der Waals surface area contributed by atoms with Crippen molar-refractivity contribution < 1.29 is 19.1 Å². The zero-order valence-electron chi connectivity index (χ0n) is 17.5. The van der Waals surface area contributed by atoms with E-state index >= 15 is 0 Å². The number of likely N-dealkylation sites (tertiary alicyclic amines) is 1. The van der Waals surface area contributed by atoms with E-state index < -0.39 is 17.9 Å². The number of hydrogen-bond donors (Lipinski definition) is 0. The average molecular weight is 408 g/mol. The van der Waals surface area contributed by atoms with Crippen molar-refractivity contribution in [3.05, 3.63) is 71.8 Å². The molecule has 30 heavy (non-hydrogen) atoms. The van der Waals surface area contributed by atoms with Gasteiger partial charge in [0.05, 0.1) is 13.2 Å². The van der Waals surface area contributed by atoms with Gasteiger partial charge in [-0.3, -0.25) is 9.59 Å². The van der Waals surface area contributed by atoms with Crippen LogP contribution in [0.15, 0.2) is 60.7 Å². The molecule has 0 radical (unpaired) electrons. The molecule has 0 bridgehead atoms. The van der Waals surface area contributed by atoms with Gasteiger partial charge in [-0.25, -0.2) is 4.79 Å². The number of benzene rings is 2. The lowest BCUT2D eigenvalue weighted by atomic mass is 9.86. The molecule has 1 atom stereocenters. The number of aryl methyl sites for hydroxylation is 2. The fourth-order valence-electron chi connectivity index (χ4n) is 4.18. The minimum absolute atomic E-state index is 0.0663. The molecular formula is C25H29NO4. The van der Waals surface area contributed by atoms with E-state index in [1.54, 1.807) is 0 Å². The van der Waals surface area contributed by atoms with Crippen LogP contribution in [-0.4, -0.2) is 42.3 Å². The first-order valence-electron chi connectivity index (χ1n) is 10.6. The molecule has 158 valence electrons. The Morgan fingerprint density at radius 1 is 0.933 bits per heavy atom. The van der Waals surface area contributed by atoms with Crippen LogP contribution in [0.1, 0.15) is 36.8 Å². The molecule has 1 saturated heterocycles. The Labute approximate surface area is 178 Å². The highest BCUT2D eigenvalue weighted by molar-refractivity contribution is 6.32. The van der Waals surface area contributed by atoms with Crippen molar-refractivity contribution >= 4 is 17.7 Å². The smallest absolute Gasteiger partial charge is 0.396 e. The summed E-state index contributed by atoms with van der Waals surface area (Å²) in [5.41, 5.74) is 2.40. The zero-order valence-corrected chi connectivity index (χ0v) is 17.5. The Hall–Kier alpha value is -2.95. The predicted octanol–water partition coefficient (Wildman–Crippen LogP) is 3.60. The fraction of sp³-hybridized carbons (Fsp3) is 0.400. The van der Waals surface area contributed by atoms with Crippen LogP contribution in [0.4, 0.5) is 0 Å². The molecule has 0 N–H and O–H groups in total. The Morgan fingerprint density at radius 3 is 1.97 bits per heavy atom. The number of Topliss-reactive ketones (excluding diaryl/α,β-unsaturated/α-hetero) is 1. The van der Waals surface area contributed by atoms with Crippen LogP contribution in [0.5, 0.6) is 0 Å². The van der Waals surface area contributed by atoms with Gasteiger partial charge in [0, 0.05) is 12.5 Å². The Bertz CT molecular complexity index is 806. The SMILES string of the molecule is COC(=O)C(=O)N1CCC[C@H]1C(=O)C(CCc1ccccc1)CCc1ccccc1. The van der Waals surface area contributed by atoms with Crippen molar-refractivity contribution in [1.29, 1.82) is 0 Å². The van der Waals surface area contributed by atoms with Gasteiger partial charge in [-0.2, -0.15) is 0 Å². The van der Waals surface area contributed by atoms with Gasteiger partial charge in [0.15, 0.2) is 5.78 Å². The summed E-state index contributed by atoms with van der Waals surface area (Å²) in [6.07, 6.45) is 4.41. The number of ketones is 1. The lowest BCUT2D eigenvalue weighted by Crippen LogP contribution is -2.46. The van der Waals surface area contributed by atoms with Crippen LogP contribution >= 0.6 is 0 Å².